The van der Waals surface area contributed by atoms with Crippen LogP contribution in [0.25, 0.3) is 0 Å². The van der Waals surface area contributed by atoms with E-state index >= 15 is 0 Å². The van der Waals surface area contributed by atoms with E-state index in [-0.39, 0.29) is 18.9 Å². The van der Waals surface area contributed by atoms with E-state index in [9.17, 15) is 45.6 Å². The SMILES string of the molecule is CC/C=C\C/C=C\C/C=C\C/C=C\C/C=C\CCCCCCCCCCCCCCCCCCCC(=O)NC(COC1OC(CO)C(OC2OC(CO)C(O)C(O)C2O)C(O)C1O)C(O)/C=C/CC/C=C/CC/C=C/CCCCCCCCCCCCCCCCCCCC. The Balaban J connectivity index is 1.65. The zero-order chi connectivity index (χ0) is 68.7. The summed E-state index contributed by atoms with van der Waals surface area (Å²) < 4.78 is 22.9. The van der Waals surface area contributed by atoms with Crippen molar-refractivity contribution in [1.82, 2.24) is 5.32 Å². The number of allylic oxidation sites excluding steroid dienone is 15. The molecule has 0 aromatic rings. The van der Waals surface area contributed by atoms with Gasteiger partial charge in [0.05, 0.1) is 32.0 Å². The minimum absolute atomic E-state index is 0.252. The molecule has 2 fully saturated rings. The Kier molecular flexibility index (Phi) is 59.6. The fourth-order valence-corrected chi connectivity index (χ4v) is 12.4. The third kappa shape index (κ3) is 47.6. The summed E-state index contributed by atoms with van der Waals surface area (Å²) in [7, 11) is 0. The van der Waals surface area contributed by atoms with Crippen LogP contribution in [0, 0.1) is 0 Å². The van der Waals surface area contributed by atoms with Crippen LogP contribution in [-0.2, 0) is 23.7 Å². The van der Waals surface area contributed by atoms with Gasteiger partial charge in [-0.1, -0.05) is 317 Å². The summed E-state index contributed by atoms with van der Waals surface area (Å²) in [6, 6.07) is -0.944. The summed E-state index contributed by atoms with van der Waals surface area (Å²) in [6.45, 7) is 2.70. The molecule has 14 nitrogen and oxygen atoms in total. The lowest BCUT2D eigenvalue weighted by Gasteiger charge is -2.46. The molecule has 2 heterocycles. The first kappa shape index (κ1) is 88.0. The highest BCUT2D eigenvalue weighted by atomic mass is 16.7. The Morgan fingerprint density at radius 2 is 0.737 bits per heavy atom. The Bertz CT molecular complexity index is 1970. The summed E-state index contributed by atoms with van der Waals surface area (Å²) in [5.41, 5.74) is 0. The molecule has 0 aromatic heterocycles. The second kappa shape index (κ2) is 64.3. The van der Waals surface area contributed by atoms with Gasteiger partial charge in [-0.05, 0) is 89.9 Å². The fourth-order valence-electron chi connectivity index (χ4n) is 12.4. The molecule has 0 spiro atoms. The topological polar surface area (TPSA) is 228 Å². The van der Waals surface area contributed by atoms with Crippen molar-refractivity contribution in [2.75, 3.05) is 19.8 Å². The zero-order valence-electron chi connectivity index (χ0n) is 60.1. The minimum atomic E-state index is -1.80. The number of aliphatic hydroxyl groups excluding tert-OH is 8. The van der Waals surface area contributed by atoms with Gasteiger partial charge in [0.25, 0.3) is 0 Å². The molecule has 0 aliphatic carbocycles. The predicted molar refractivity (Wildman–Crippen MR) is 392 cm³/mol. The van der Waals surface area contributed by atoms with Gasteiger partial charge in [0.1, 0.15) is 48.8 Å². The van der Waals surface area contributed by atoms with E-state index in [0.717, 1.165) is 77.0 Å². The molecule has 9 N–H and O–H groups in total. The third-order valence-corrected chi connectivity index (χ3v) is 18.5. The Labute approximate surface area is 579 Å². The summed E-state index contributed by atoms with van der Waals surface area (Å²) in [6.07, 6.45) is 74.8. The van der Waals surface area contributed by atoms with Gasteiger partial charge in [0.2, 0.25) is 5.91 Å². The van der Waals surface area contributed by atoms with Crippen molar-refractivity contribution in [3.05, 3.63) is 97.2 Å². The molecule has 550 valence electrons. The standard InChI is InChI=1S/C81H143NO13/c1-3-5-7-9-11-13-15-17-19-21-23-25-27-29-31-33-34-35-36-37-39-41-43-45-47-49-51-53-55-57-59-61-63-65-73(86)82-69(68-92-80-78(91)76(89)79(72(67-84)94-80)95-81-77(90)75(88)74(87)71(66-83)93-81)70(85)64-62-60-58-56-54-52-50-48-46-44-42-40-38-32-30-28-26-24-22-20-18-16-14-12-10-8-6-4-2/h5,7,11,13,17,19,23,25,29,31,46,48,54,56,62,64,69-72,74-81,83-85,87-91H,3-4,6,8-10,12,14-16,18,20-22,24,26-28,30,32-45,47,49-53,55,57-61,63,65-68H2,1-2H3,(H,82,86)/b7-5-,13-11-,19-17-,25-23-,31-29-,48-46+,56-54+,64-62+. The molecule has 0 bridgehead atoms. The number of carbonyl (C=O) groups excluding carboxylic acids is 1. The van der Waals surface area contributed by atoms with E-state index in [1.807, 2.05) is 6.08 Å². The molecule has 12 atom stereocenters. The monoisotopic (exact) mass is 1340 g/mol. The van der Waals surface area contributed by atoms with Gasteiger partial charge in [-0.3, -0.25) is 4.79 Å². The van der Waals surface area contributed by atoms with Crippen LogP contribution in [-0.4, -0.2) is 140 Å². The minimum Gasteiger partial charge on any atom is -0.394 e. The van der Waals surface area contributed by atoms with Crippen molar-refractivity contribution in [2.45, 2.75) is 389 Å². The number of hydrogen-bond acceptors (Lipinski definition) is 13. The highest BCUT2D eigenvalue weighted by molar-refractivity contribution is 5.76. The average Bonchev–Trinajstić information content (AvgIpc) is 0.801. The Hall–Kier alpha value is -3.09. The normalized spacial score (nSPS) is 22.9. The molecule has 0 aromatic carbocycles. The van der Waals surface area contributed by atoms with E-state index in [1.165, 1.54) is 205 Å². The number of hydrogen-bond donors (Lipinski definition) is 9. The van der Waals surface area contributed by atoms with Gasteiger partial charge >= 0.3 is 0 Å². The van der Waals surface area contributed by atoms with E-state index in [0.29, 0.717) is 12.8 Å². The molecular weight excluding hydrogens is 1190 g/mol. The molecule has 0 radical (unpaired) electrons. The van der Waals surface area contributed by atoms with Gasteiger partial charge in [-0.15, -0.1) is 0 Å². The number of unbranched alkanes of at least 4 members (excludes halogenated alkanes) is 37. The van der Waals surface area contributed by atoms with Crippen LogP contribution in [0.15, 0.2) is 97.2 Å². The van der Waals surface area contributed by atoms with Gasteiger partial charge in [-0.2, -0.15) is 0 Å². The predicted octanol–water partition coefficient (Wildman–Crippen LogP) is 17.3. The van der Waals surface area contributed by atoms with E-state index in [1.54, 1.807) is 6.08 Å². The molecule has 2 rings (SSSR count). The second-order valence-electron chi connectivity index (χ2n) is 27.1. The fraction of sp³-hybridized carbons (Fsp3) is 0.790. The van der Waals surface area contributed by atoms with Crippen LogP contribution >= 0.6 is 0 Å². The summed E-state index contributed by atoms with van der Waals surface area (Å²) in [4.78, 5) is 13.4. The van der Waals surface area contributed by atoms with Crippen LogP contribution in [0.2, 0.25) is 0 Å². The molecule has 14 heteroatoms. The lowest BCUT2D eigenvalue weighted by molar-refractivity contribution is -0.359. The maximum atomic E-state index is 13.4. The van der Waals surface area contributed by atoms with Crippen molar-refractivity contribution < 1.29 is 64.6 Å². The smallest absolute Gasteiger partial charge is 0.220 e. The van der Waals surface area contributed by atoms with Crippen LogP contribution in [0.5, 0.6) is 0 Å². The van der Waals surface area contributed by atoms with Crippen LogP contribution in [0.4, 0.5) is 0 Å². The number of carbonyl (C=O) groups is 1. The Morgan fingerprint density at radius 1 is 0.389 bits per heavy atom. The van der Waals surface area contributed by atoms with Crippen molar-refractivity contribution in [3.63, 3.8) is 0 Å². The first-order chi connectivity index (χ1) is 46.6. The average molecular weight is 1340 g/mol. The highest BCUT2D eigenvalue weighted by Gasteiger charge is 2.51. The van der Waals surface area contributed by atoms with Crippen LogP contribution in [0.1, 0.15) is 316 Å². The largest absolute Gasteiger partial charge is 0.394 e. The summed E-state index contributed by atoms with van der Waals surface area (Å²) in [5, 5.41) is 87.6. The Morgan fingerprint density at radius 3 is 1.16 bits per heavy atom. The number of nitrogens with one attached hydrogen (secondary N) is 1. The van der Waals surface area contributed by atoms with Gasteiger partial charge in [0, 0.05) is 6.42 Å². The number of aliphatic hydroxyl groups is 8. The van der Waals surface area contributed by atoms with Crippen LogP contribution < -0.4 is 5.32 Å². The second-order valence-corrected chi connectivity index (χ2v) is 27.1. The van der Waals surface area contributed by atoms with Crippen molar-refractivity contribution in [1.29, 1.82) is 0 Å². The van der Waals surface area contributed by atoms with E-state index in [4.69, 9.17) is 18.9 Å². The zero-order valence-corrected chi connectivity index (χ0v) is 60.1. The molecule has 0 saturated carbocycles. The molecule has 12 unspecified atom stereocenters. The molecule has 95 heavy (non-hydrogen) atoms. The number of amides is 1. The van der Waals surface area contributed by atoms with Crippen molar-refractivity contribution in [2.24, 2.45) is 0 Å². The molecule has 2 aliphatic heterocycles. The summed E-state index contributed by atoms with van der Waals surface area (Å²) in [5.74, 6) is -0.252. The highest BCUT2D eigenvalue weighted by Crippen LogP contribution is 2.30. The van der Waals surface area contributed by atoms with Crippen molar-refractivity contribution >= 4 is 5.91 Å². The number of rotatable bonds is 64. The lowest BCUT2D eigenvalue weighted by atomic mass is 9.97. The maximum Gasteiger partial charge on any atom is 0.220 e. The summed E-state index contributed by atoms with van der Waals surface area (Å²) >= 11 is 0. The quantitative estimate of drug-likeness (QED) is 0.0204. The lowest BCUT2D eigenvalue weighted by Crippen LogP contribution is -2.65. The number of ether oxygens (including phenoxy) is 4. The molecule has 1 amide bonds. The van der Waals surface area contributed by atoms with Gasteiger partial charge in [-0.25, -0.2) is 0 Å². The van der Waals surface area contributed by atoms with Crippen molar-refractivity contribution in [3.8, 4) is 0 Å². The first-order valence-electron chi connectivity index (χ1n) is 39.0. The van der Waals surface area contributed by atoms with Crippen LogP contribution in [0.3, 0.4) is 0 Å². The van der Waals surface area contributed by atoms with E-state index < -0.39 is 86.8 Å². The van der Waals surface area contributed by atoms with E-state index in [2.05, 4.69) is 104 Å². The third-order valence-electron chi connectivity index (χ3n) is 18.5. The van der Waals surface area contributed by atoms with Gasteiger partial charge in [0.15, 0.2) is 12.6 Å². The molecule has 2 aliphatic rings. The molecular formula is C81H143NO13. The maximum absolute atomic E-state index is 13.4. The van der Waals surface area contributed by atoms with Gasteiger partial charge < -0.3 is 65.1 Å². The first-order valence-corrected chi connectivity index (χ1v) is 39.0. The molecule has 2 saturated heterocycles.